The SMILES string of the molecule is C=C(CCC(CO)CO)C(=O)OCCCC(F)(F)C(F)(F)C(F)(F)C(F)(F)C(F)(F)C(F)(F)CCCCCCC. The number of halogens is 12. The second kappa shape index (κ2) is 15.0. The zero-order chi connectivity index (χ0) is 31.6. The normalized spacial score (nSPS) is 14.1. The van der Waals surface area contributed by atoms with Crippen LogP contribution in [0.1, 0.15) is 71.1 Å². The lowest BCUT2D eigenvalue weighted by molar-refractivity contribution is -0.425. The molecule has 0 aliphatic heterocycles. The lowest BCUT2D eigenvalue weighted by atomic mass is 9.88. The molecule has 0 heterocycles. The maximum Gasteiger partial charge on any atom is 0.384 e. The van der Waals surface area contributed by atoms with Crippen molar-refractivity contribution in [1.82, 2.24) is 0 Å². The molecule has 0 atom stereocenters. The third-order valence-corrected chi connectivity index (χ3v) is 6.22. The fourth-order valence-corrected chi connectivity index (χ4v) is 3.40. The Balaban J connectivity index is 5.40. The van der Waals surface area contributed by atoms with Crippen molar-refractivity contribution < 1.29 is 72.4 Å². The molecule has 0 radical (unpaired) electrons. The summed E-state index contributed by atoms with van der Waals surface area (Å²) in [6.07, 6.45) is -5.68. The third kappa shape index (κ3) is 8.65. The van der Waals surface area contributed by atoms with Gasteiger partial charge in [0.15, 0.2) is 0 Å². The maximum absolute atomic E-state index is 14.0. The van der Waals surface area contributed by atoms with Crippen molar-refractivity contribution in [2.45, 2.75) is 107 Å². The number of aliphatic hydroxyl groups excluding tert-OH is 2. The van der Waals surface area contributed by atoms with Crippen molar-refractivity contribution >= 4 is 5.97 Å². The summed E-state index contributed by atoms with van der Waals surface area (Å²) in [4.78, 5) is 11.7. The summed E-state index contributed by atoms with van der Waals surface area (Å²) in [5, 5.41) is 17.9. The van der Waals surface area contributed by atoms with Crippen molar-refractivity contribution in [3.63, 3.8) is 0 Å². The third-order valence-electron chi connectivity index (χ3n) is 6.22. The number of esters is 1. The first-order chi connectivity index (χ1) is 18.1. The van der Waals surface area contributed by atoms with Crippen LogP contribution in [0.5, 0.6) is 0 Å². The van der Waals surface area contributed by atoms with Gasteiger partial charge in [0, 0.05) is 37.5 Å². The monoisotopic (exact) mass is 614 g/mol. The number of hydrogen-bond donors (Lipinski definition) is 2. The molecule has 0 spiro atoms. The summed E-state index contributed by atoms with van der Waals surface area (Å²) < 4.78 is 172. The van der Waals surface area contributed by atoms with Crippen molar-refractivity contribution in [2.75, 3.05) is 19.8 Å². The first kappa shape index (κ1) is 38.3. The van der Waals surface area contributed by atoms with Crippen molar-refractivity contribution in [1.29, 1.82) is 0 Å². The van der Waals surface area contributed by atoms with Crippen LogP contribution in [0.3, 0.4) is 0 Å². The minimum Gasteiger partial charge on any atom is -0.462 e. The molecule has 0 rings (SSSR count). The number of unbranched alkanes of at least 4 members (excludes halogenated alkanes) is 4. The van der Waals surface area contributed by atoms with Gasteiger partial charge in [-0.3, -0.25) is 0 Å². The molecule has 0 unspecified atom stereocenters. The van der Waals surface area contributed by atoms with Crippen molar-refractivity contribution in [3.05, 3.63) is 12.2 Å². The largest absolute Gasteiger partial charge is 0.462 e. The zero-order valence-electron chi connectivity index (χ0n) is 21.7. The van der Waals surface area contributed by atoms with Gasteiger partial charge >= 0.3 is 41.5 Å². The van der Waals surface area contributed by atoms with E-state index < -0.39 is 92.9 Å². The molecule has 0 saturated carbocycles. The Labute approximate surface area is 223 Å². The topological polar surface area (TPSA) is 66.8 Å². The Kier molecular flexibility index (Phi) is 14.3. The Morgan fingerprint density at radius 3 is 1.55 bits per heavy atom. The van der Waals surface area contributed by atoms with Crippen LogP contribution >= 0.6 is 0 Å². The van der Waals surface area contributed by atoms with Crippen LogP contribution in [-0.4, -0.2) is 71.5 Å². The number of aliphatic hydroxyl groups is 2. The van der Waals surface area contributed by atoms with Crippen molar-refractivity contribution in [2.24, 2.45) is 5.92 Å². The number of ether oxygens (including phenoxy) is 1. The van der Waals surface area contributed by atoms with Crippen LogP contribution in [0.15, 0.2) is 12.2 Å². The number of rotatable bonds is 21. The van der Waals surface area contributed by atoms with Crippen LogP contribution in [0.2, 0.25) is 0 Å². The predicted octanol–water partition coefficient (Wildman–Crippen LogP) is 7.42. The highest BCUT2D eigenvalue weighted by Gasteiger charge is 2.89. The first-order valence-corrected chi connectivity index (χ1v) is 12.4. The molecule has 0 aliphatic carbocycles. The van der Waals surface area contributed by atoms with Gasteiger partial charge in [-0.2, -0.15) is 52.7 Å². The number of carbonyl (C=O) groups excluding carboxylic acids is 1. The van der Waals surface area contributed by atoms with Gasteiger partial charge in [-0.15, -0.1) is 0 Å². The molecule has 4 nitrogen and oxygen atoms in total. The highest BCUT2D eigenvalue weighted by molar-refractivity contribution is 5.87. The van der Waals surface area contributed by atoms with Gasteiger partial charge in [0.1, 0.15) is 0 Å². The molecular weight excluding hydrogens is 580 g/mol. The first-order valence-electron chi connectivity index (χ1n) is 12.4. The van der Waals surface area contributed by atoms with Crippen LogP contribution in [0.25, 0.3) is 0 Å². The van der Waals surface area contributed by atoms with E-state index in [1.54, 1.807) is 6.92 Å². The molecule has 0 aromatic heterocycles. The van der Waals surface area contributed by atoms with Crippen molar-refractivity contribution in [3.8, 4) is 0 Å². The standard InChI is InChI=1S/C24H34F12O4/c1-3-4-5-6-7-11-19(25,26)21(29,30)23(33,34)24(35,36)22(31,32)20(27,28)12-8-13-40-18(39)16(2)9-10-17(14-37)15-38/h17,37-38H,2-15H2,1H3. The van der Waals surface area contributed by atoms with E-state index in [1.165, 1.54) is 0 Å². The predicted molar refractivity (Wildman–Crippen MR) is 119 cm³/mol. The summed E-state index contributed by atoms with van der Waals surface area (Å²) in [5.74, 6) is -43.5. The molecule has 238 valence electrons. The quantitative estimate of drug-likeness (QED) is 0.0612. The molecule has 0 amide bonds. The van der Waals surface area contributed by atoms with E-state index >= 15 is 0 Å². The van der Waals surface area contributed by atoms with Gasteiger partial charge in [0.25, 0.3) is 0 Å². The van der Waals surface area contributed by atoms with Gasteiger partial charge in [-0.05, 0) is 25.7 Å². The zero-order valence-corrected chi connectivity index (χ0v) is 21.7. The number of hydrogen-bond acceptors (Lipinski definition) is 4. The second-order valence-corrected chi connectivity index (χ2v) is 9.48. The number of carbonyl (C=O) groups is 1. The van der Waals surface area contributed by atoms with E-state index in [9.17, 15) is 57.5 Å². The van der Waals surface area contributed by atoms with E-state index in [2.05, 4.69) is 11.3 Å². The molecule has 0 aliphatic rings. The summed E-state index contributed by atoms with van der Waals surface area (Å²) in [6, 6.07) is 0. The van der Waals surface area contributed by atoms with E-state index in [0.717, 1.165) is 0 Å². The molecule has 0 bridgehead atoms. The average Bonchev–Trinajstić information content (AvgIpc) is 2.86. The van der Waals surface area contributed by atoms with Crippen LogP contribution in [-0.2, 0) is 9.53 Å². The van der Waals surface area contributed by atoms with Gasteiger partial charge in [-0.1, -0.05) is 39.2 Å². The smallest absolute Gasteiger partial charge is 0.384 e. The molecule has 0 aromatic carbocycles. The fourth-order valence-electron chi connectivity index (χ4n) is 3.40. The summed E-state index contributed by atoms with van der Waals surface area (Å²) >= 11 is 0. The lowest BCUT2D eigenvalue weighted by Gasteiger charge is -2.41. The second-order valence-electron chi connectivity index (χ2n) is 9.48. The molecule has 0 saturated heterocycles. The molecule has 0 fully saturated rings. The van der Waals surface area contributed by atoms with E-state index in [0.29, 0.717) is 12.8 Å². The Hall–Kier alpha value is -1.71. The van der Waals surface area contributed by atoms with Gasteiger partial charge in [0.2, 0.25) is 0 Å². The van der Waals surface area contributed by atoms with Crippen LogP contribution in [0.4, 0.5) is 52.7 Å². The Morgan fingerprint density at radius 2 is 1.12 bits per heavy atom. The average molecular weight is 615 g/mol. The molecule has 2 N–H and O–H groups in total. The van der Waals surface area contributed by atoms with Crippen LogP contribution < -0.4 is 0 Å². The van der Waals surface area contributed by atoms with Gasteiger partial charge in [0.05, 0.1) is 6.61 Å². The van der Waals surface area contributed by atoms with Crippen LogP contribution in [0, 0.1) is 5.92 Å². The minimum atomic E-state index is -7.63. The Morgan fingerprint density at radius 1 is 0.700 bits per heavy atom. The maximum atomic E-state index is 14.0. The summed E-state index contributed by atoms with van der Waals surface area (Å²) in [5.41, 5.74) is -0.302. The molecule has 0 aromatic rings. The van der Waals surface area contributed by atoms with E-state index in [1.807, 2.05) is 0 Å². The summed E-state index contributed by atoms with van der Waals surface area (Å²) in [6.45, 7) is 2.93. The molecule has 40 heavy (non-hydrogen) atoms. The summed E-state index contributed by atoms with van der Waals surface area (Å²) in [7, 11) is 0. The van der Waals surface area contributed by atoms with E-state index in [-0.39, 0.29) is 31.3 Å². The fraction of sp³-hybridized carbons (Fsp3) is 0.875. The molecular formula is C24H34F12O4. The highest BCUT2D eigenvalue weighted by atomic mass is 19.4. The van der Waals surface area contributed by atoms with Gasteiger partial charge in [-0.25, -0.2) is 4.79 Å². The van der Waals surface area contributed by atoms with Gasteiger partial charge < -0.3 is 14.9 Å². The highest BCUT2D eigenvalue weighted by Crippen LogP contribution is 2.61. The Bertz CT molecular complexity index is 799. The lowest BCUT2D eigenvalue weighted by Crippen LogP contribution is -2.70. The van der Waals surface area contributed by atoms with E-state index in [4.69, 9.17) is 10.2 Å². The molecule has 16 heteroatoms. The minimum absolute atomic E-state index is 0.0387. The number of alkyl halides is 12.